The van der Waals surface area contributed by atoms with Gasteiger partial charge in [-0.1, -0.05) is 12.1 Å². The summed E-state index contributed by atoms with van der Waals surface area (Å²) < 4.78 is 1.04. The highest BCUT2D eigenvalue weighted by Gasteiger charge is 2.04. The first-order valence-electron chi connectivity index (χ1n) is 5.41. The Morgan fingerprint density at radius 1 is 1.33 bits per heavy atom. The Labute approximate surface area is 118 Å². The predicted molar refractivity (Wildman–Crippen MR) is 75.7 cm³/mol. The Bertz CT molecular complexity index is 536. The first-order chi connectivity index (χ1) is 8.63. The third kappa shape index (κ3) is 3.85. The molecule has 0 aliphatic rings. The largest absolute Gasteiger partial charge is 0.508 e. The standard InChI is InChI=1S/C13H12BrNO2S/c14-10-6-12(18-8-10)7-15-13(17)5-9-1-3-11(16)4-2-9/h1-4,6,8,16H,5,7H2,(H,15,17). The molecule has 0 saturated heterocycles. The predicted octanol–water partition coefficient (Wildman–Crippen LogP) is 3.08. The third-order valence-electron chi connectivity index (χ3n) is 2.38. The number of amides is 1. The van der Waals surface area contributed by atoms with E-state index < -0.39 is 0 Å². The van der Waals surface area contributed by atoms with Gasteiger partial charge in [0.05, 0.1) is 13.0 Å². The van der Waals surface area contributed by atoms with Gasteiger partial charge in [0.25, 0.3) is 0 Å². The molecule has 1 heterocycles. The van der Waals surface area contributed by atoms with Crippen molar-refractivity contribution in [3.05, 3.63) is 50.6 Å². The topological polar surface area (TPSA) is 49.3 Å². The van der Waals surface area contributed by atoms with Crippen molar-refractivity contribution in [2.24, 2.45) is 0 Å². The Kier molecular flexibility index (Phi) is 4.38. The van der Waals surface area contributed by atoms with Crippen LogP contribution in [-0.2, 0) is 17.8 Å². The number of aromatic hydroxyl groups is 1. The van der Waals surface area contributed by atoms with E-state index in [1.165, 1.54) is 0 Å². The summed E-state index contributed by atoms with van der Waals surface area (Å²) in [5.41, 5.74) is 0.887. The molecule has 2 rings (SSSR count). The maximum atomic E-state index is 11.7. The molecule has 0 radical (unpaired) electrons. The van der Waals surface area contributed by atoms with Crippen LogP contribution in [0.25, 0.3) is 0 Å². The van der Waals surface area contributed by atoms with E-state index in [0.717, 1.165) is 14.9 Å². The minimum atomic E-state index is -0.0230. The number of halogens is 1. The molecule has 2 aromatic rings. The molecule has 0 spiro atoms. The van der Waals surface area contributed by atoms with Crippen molar-refractivity contribution in [1.29, 1.82) is 0 Å². The molecule has 2 N–H and O–H groups in total. The zero-order chi connectivity index (χ0) is 13.0. The number of thiophene rings is 1. The summed E-state index contributed by atoms with van der Waals surface area (Å²) >= 11 is 4.98. The Balaban J connectivity index is 1.83. The van der Waals surface area contributed by atoms with Crippen LogP contribution in [-0.4, -0.2) is 11.0 Å². The fraction of sp³-hybridized carbons (Fsp3) is 0.154. The van der Waals surface area contributed by atoms with Crippen molar-refractivity contribution in [2.75, 3.05) is 0 Å². The van der Waals surface area contributed by atoms with Crippen LogP contribution in [0.15, 0.2) is 40.2 Å². The van der Waals surface area contributed by atoms with Crippen LogP contribution in [0.3, 0.4) is 0 Å². The lowest BCUT2D eigenvalue weighted by atomic mass is 10.1. The average molecular weight is 326 g/mol. The molecule has 0 saturated carbocycles. The van der Waals surface area contributed by atoms with Crippen LogP contribution in [0, 0.1) is 0 Å². The fourth-order valence-corrected chi connectivity index (χ4v) is 2.88. The second-order valence-electron chi connectivity index (χ2n) is 3.85. The molecule has 0 fully saturated rings. The number of rotatable bonds is 4. The molecule has 0 aliphatic carbocycles. The van der Waals surface area contributed by atoms with Gasteiger partial charge in [-0.25, -0.2) is 0 Å². The van der Waals surface area contributed by atoms with Crippen LogP contribution in [0.4, 0.5) is 0 Å². The molecule has 18 heavy (non-hydrogen) atoms. The number of hydrogen-bond donors (Lipinski definition) is 2. The first-order valence-corrected chi connectivity index (χ1v) is 7.08. The van der Waals surface area contributed by atoms with E-state index >= 15 is 0 Å². The molecule has 1 aromatic carbocycles. The summed E-state index contributed by atoms with van der Waals surface area (Å²) in [6, 6.07) is 8.65. The number of hydrogen-bond acceptors (Lipinski definition) is 3. The normalized spacial score (nSPS) is 10.3. The van der Waals surface area contributed by atoms with Crippen molar-refractivity contribution in [3.8, 4) is 5.75 Å². The van der Waals surface area contributed by atoms with E-state index in [-0.39, 0.29) is 11.7 Å². The van der Waals surface area contributed by atoms with E-state index in [1.54, 1.807) is 35.6 Å². The van der Waals surface area contributed by atoms with Gasteiger partial charge in [0, 0.05) is 14.7 Å². The number of carbonyl (C=O) groups excluding carboxylic acids is 1. The van der Waals surface area contributed by atoms with Crippen LogP contribution >= 0.6 is 27.3 Å². The molecule has 0 bridgehead atoms. The van der Waals surface area contributed by atoms with E-state index in [1.807, 2.05) is 11.4 Å². The summed E-state index contributed by atoms with van der Waals surface area (Å²) in [4.78, 5) is 12.8. The van der Waals surface area contributed by atoms with Crippen molar-refractivity contribution < 1.29 is 9.90 Å². The first kappa shape index (κ1) is 13.1. The van der Waals surface area contributed by atoms with Gasteiger partial charge in [-0.05, 0) is 39.7 Å². The lowest BCUT2D eigenvalue weighted by Crippen LogP contribution is -2.24. The molecule has 0 aliphatic heterocycles. The number of nitrogens with one attached hydrogen (secondary N) is 1. The third-order valence-corrected chi connectivity index (χ3v) is 4.08. The van der Waals surface area contributed by atoms with E-state index in [2.05, 4.69) is 21.2 Å². The zero-order valence-electron chi connectivity index (χ0n) is 9.52. The Hall–Kier alpha value is -1.33. The summed E-state index contributed by atoms with van der Waals surface area (Å²) in [5.74, 6) is 0.188. The van der Waals surface area contributed by atoms with E-state index in [0.29, 0.717) is 13.0 Å². The number of phenols is 1. The minimum absolute atomic E-state index is 0.0230. The van der Waals surface area contributed by atoms with Gasteiger partial charge in [0.2, 0.25) is 5.91 Å². The van der Waals surface area contributed by atoms with Gasteiger partial charge < -0.3 is 10.4 Å². The minimum Gasteiger partial charge on any atom is -0.508 e. The highest BCUT2D eigenvalue weighted by atomic mass is 79.9. The van der Waals surface area contributed by atoms with Gasteiger partial charge in [-0.15, -0.1) is 11.3 Å². The molecule has 5 heteroatoms. The van der Waals surface area contributed by atoms with Gasteiger partial charge in [0.1, 0.15) is 5.75 Å². The van der Waals surface area contributed by atoms with Gasteiger partial charge >= 0.3 is 0 Å². The molecule has 1 amide bonds. The molecule has 94 valence electrons. The van der Waals surface area contributed by atoms with Gasteiger partial charge in [-0.3, -0.25) is 4.79 Å². The quantitative estimate of drug-likeness (QED) is 0.907. The summed E-state index contributed by atoms with van der Waals surface area (Å²) in [5, 5.41) is 14.0. The van der Waals surface area contributed by atoms with Crippen molar-refractivity contribution in [1.82, 2.24) is 5.32 Å². The monoisotopic (exact) mass is 325 g/mol. The zero-order valence-corrected chi connectivity index (χ0v) is 11.9. The lowest BCUT2D eigenvalue weighted by Gasteiger charge is -2.04. The van der Waals surface area contributed by atoms with E-state index in [4.69, 9.17) is 5.11 Å². The van der Waals surface area contributed by atoms with Gasteiger partial charge in [-0.2, -0.15) is 0 Å². The summed E-state index contributed by atoms with van der Waals surface area (Å²) in [7, 11) is 0. The number of benzene rings is 1. The molecule has 0 atom stereocenters. The Morgan fingerprint density at radius 3 is 2.67 bits per heavy atom. The fourth-order valence-electron chi connectivity index (χ4n) is 1.49. The molecule has 3 nitrogen and oxygen atoms in total. The van der Waals surface area contributed by atoms with E-state index in [9.17, 15) is 4.79 Å². The molecule has 0 unspecified atom stereocenters. The second-order valence-corrected chi connectivity index (χ2v) is 5.76. The van der Waals surface area contributed by atoms with Crippen molar-refractivity contribution in [2.45, 2.75) is 13.0 Å². The van der Waals surface area contributed by atoms with Crippen LogP contribution in [0.2, 0.25) is 0 Å². The average Bonchev–Trinajstić information content (AvgIpc) is 2.76. The molecular weight excluding hydrogens is 314 g/mol. The lowest BCUT2D eigenvalue weighted by molar-refractivity contribution is -0.120. The highest BCUT2D eigenvalue weighted by Crippen LogP contribution is 2.19. The smallest absolute Gasteiger partial charge is 0.224 e. The summed E-state index contributed by atoms with van der Waals surface area (Å²) in [6.45, 7) is 0.549. The van der Waals surface area contributed by atoms with Crippen molar-refractivity contribution >= 4 is 33.2 Å². The SMILES string of the molecule is O=C(Cc1ccc(O)cc1)NCc1cc(Br)cs1. The molecule has 1 aromatic heterocycles. The van der Waals surface area contributed by atoms with Gasteiger partial charge in [0.15, 0.2) is 0 Å². The number of phenolic OH excluding ortho intramolecular Hbond substituents is 1. The van der Waals surface area contributed by atoms with Crippen LogP contribution in [0.5, 0.6) is 5.75 Å². The molecular formula is C13H12BrNO2S. The maximum absolute atomic E-state index is 11.7. The highest BCUT2D eigenvalue weighted by molar-refractivity contribution is 9.10. The van der Waals surface area contributed by atoms with Crippen molar-refractivity contribution in [3.63, 3.8) is 0 Å². The summed E-state index contributed by atoms with van der Waals surface area (Å²) in [6.07, 6.45) is 0.326. The number of carbonyl (C=O) groups is 1. The maximum Gasteiger partial charge on any atom is 0.224 e. The Morgan fingerprint density at radius 2 is 2.06 bits per heavy atom. The van der Waals surface area contributed by atoms with Crippen LogP contribution < -0.4 is 5.32 Å². The second kappa shape index (κ2) is 6.02. The van der Waals surface area contributed by atoms with Crippen LogP contribution in [0.1, 0.15) is 10.4 Å².